The lowest BCUT2D eigenvalue weighted by Gasteiger charge is -2.40. The highest BCUT2D eigenvalue weighted by molar-refractivity contribution is 7.08. The second kappa shape index (κ2) is 7.91. The van der Waals surface area contributed by atoms with E-state index < -0.39 is 0 Å². The largest absolute Gasteiger partial charge is 0.337 e. The number of aromatic nitrogens is 1. The molecule has 1 aromatic carbocycles. The molecule has 152 valence electrons. The summed E-state index contributed by atoms with van der Waals surface area (Å²) < 4.78 is 0. The first-order valence-corrected chi connectivity index (χ1v) is 11.0. The molecule has 6 nitrogen and oxygen atoms in total. The average Bonchev–Trinajstić information content (AvgIpc) is 3.23. The predicted molar refractivity (Wildman–Crippen MR) is 117 cm³/mol. The van der Waals surface area contributed by atoms with Gasteiger partial charge < -0.3 is 15.1 Å². The Morgan fingerprint density at radius 3 is 2.33 bits per heavy atom. The summed E-state index contributed by atoms with van der Waals surface area (Å²) in [5.41, 5.74) is 3.94. The third kappa shape index (κ3) is 3.68. The van der Waals surface area contributed by atoms with E-state index in [1.54, 1.807) is 17.5 Å². The number of carbonyl (C=O) groups is 2. The molecule has 0 atom stereocenters. The maximum atomic E-state index is 12.4. The van der Waals surface area contributed by atoms with E-state index in [9.17, 15) is 9.59 Å². The van der Waals surface area contributed by atoms with Gasteiger partial charge >= 0.3 is 6.03 Å². The van der Waals surface area contributed by atoms with Crippen LogP contribution in [0.15, 0.2) is 65.6 Å². The van der Waals surface area contributed by atoms with Crippen LogP contribution in [0.2, 0.25) is 0 Å². The smallest absolute Gasteiger partial charge is 0.321 e. The number of hydrogen-bond acceptors (Lipinski definition) is 4. The van der Waals surface area contributed by atoms with Crippen molar-refractivity contribution in [3.8, 4) is 0 Å². The number of nitrogens with zero attached hydrogens (tertiary/aromatic N) is 3. The summed E-state index contributed by atoms with van der Waals surface area (Å²) in [4.78, 5) is 32.6. The Labute approximate surface area is 179 Å². The van der Waals surface area contributed by atoms with Crippen LogP contribution in [0.1, 0.15) is 33.3 Å². The molecular weight excluding hydrogens is 396 g/mol. The van der Waals surface area contributed by atoms with Gasteiger partial charge in [0.25, 0.3) is 5.91 Å². The minimum absolute atomic E-state index is 0.0703. The summed E-state index contributed by atoms with van der Waals surface area (Å²) in [7, 11) is 0. The molecule has 30 heavy (non-hydrogen) atoms. The van der Waals surface area contributed by atoms with E-state index in [2.05, 4.69) is 16.4 Å². The summed E-state index contributed by atoms with van der Waals surface area (Å²) in [5, 5.41) is 6.79. The number of amides is 3. The molecule has 2 saturated heterocycles. The maximum Gasteiger partial charge on any atom is 0.321 e. The predicted octanol–water partition coefficient (Wildman–Crippen LogP) is 4.01. The zero-order valence-corrected chi connectivity index (χ0v) is 17.2. The fourth-order valence-electron chi connectivity index (χ4n) is 3.94. The Morgan fingerprint density at radius 1 is 0.933 bits per heavy atom. The maximum absolute atomic E-state index is 12.4. The van der Waals surface area contributed by atoms with Crippen molar-refractivity contribution in [2.75, 3.05) is 31.5 Å². The molecule has 2 fully saturated rings. The van der Waals surface area contributed by atoms with E-state index in [0.717, 1.165) is 24.3 Å². The molecule has 7 heteroatoms. The van der Waals surface area contributed by atoms with Gasteiger partial charge in [-0.2, -0.15) is 11.3 Å². The van der Waals surface area contributed by atoms with Crippen LogP contribution in [-0.4, -0.2) is 52.9 Å². The molecule has 5 rings (SSSR count). The topological polar surface area (TPSA) is 65.5 Å². The van der Waals surface area contributed by atoms with Gasteiger partial charge in [0, 0.05) is 61.5 Å². The minimum atomic E-state index is -0.0703. The molecule has 3 aromatic rings. The molecule has 0 radical (unpaired) electrons. The number of likely N-dealkylation sites (tertiary alicyclic amines) is 2. The Hall–Kier alpha value is -3.19. The van der Waals surface area contributed by atoms with Crippen LogP contribution >= 0.6 is 11.3 Å². The van der Waals surface area contributed by atoms with Crippen LogP contribution in [0.5, 0.6) is 0 Å². The van der Waals surface area contributed by atoms with Crippen LogP contribution in [0, 0.1) is 0 Å². The van der Waals surface area contributed by atoms with Crippen LogP contribution in [0.25, 0.3) is 0 Å². The van der Waals surface area contributed by atoms with Crippen LogP contribution < -0.4 is 5.32 Å². The summed E-state index contributed by atoms with van der Waals surface area (Å²) in [6.07, 6.45) is 3.63. The Kier molecular flexibility index (Phi) is 4.96. The van der Waals surface area contributed by atoms with Gasteiger partial charge in [0.2, 0.25) is 0 Å². The SMILES string of the molecule is O=C(Nc1ccc(C2CN(C(=O)c3ccsc3)C2)cc1)N1CC(c2cccnc2)C1. The fraction of sp³-hybridized carbons (Fsp3) is 0.261. The third-order valence-electron chi connectivity index (χ3n) is 5.89. The molecule has 0 spiro atoms. The summed E-state index contributed by atoms with van der Waals surface area (Å²) in [6.45, 7) is 2.91. The normalized spacial score (nSPS) is 16.7. The minimum Gasteiger partial charge on any atom is -0.337 e. The zero-order valence-electron chi connectivity index (χ0n) is 16.4. The number of nitrogens with one attached hydrogen (secondary N) is 1. The van der Waals surface area contributed by atoms with Crippen molar-refractivity contribution in [3.05, 3.63) is 82.3 Å². The number of hydrogen-bond donors (Lipinski definition) is 1. The standard InChI is InChI=1S/C23H22N4O2S/c28-22(18-7-9-30-15-18)26-11-19(12-26)16-3-5-21(6-4-16)25-23(29)27-13-20(14-27)17-2-1-8-24-10-17/h1-10,15,19-20H,11-14H2,(H,25,29). The first-order valence-electron chi connectivity index (χ1n) is 10.0. The number of urea groups is 1. The monoisotopic (exact) mass is 418 g/mol. The fourth-order valence-corrected chi connectivity index (χ4v) is 4.57. The van der Waals surface area contributed by atoms with Crippen molar-refractivity contribution >= 4 is 29.0 Å². The van der Waals surface area contributed by atoms with E-state index in [4.69, 9.17) is 0 Å². The first kappa shape index (κ1) is 18.8. The number of carbonyl (C=O) groups excluding carboxylic acids is 2. The number of benzene rings is 1. The highest BCUT2D eigenvalue weighted by Gasteiger charge is 2.33. The van der Waals surface area contributed by atoms with E-state index >= 15 is 0 Å². The molecule has 0 bridgehead atoms. The lowest BCUT2D eigenvalue weighted by Crippen LogP contribution is -2.50. The molecule has 0 unspecified atom stereocenters. The van der Waals surface area contributed by atoms with Gasteiger partial charge in [-0.3, -0.25) is 9.78 Å². The lowest BCUT2D eigenvalue weighted by molar-refractivity contribution is 0.0603. The molecule has 1 N–H and O–H groups in total. The van der Waals surface area contributed by atoms with Crippen molar-refractivity contribution in [1.82, 2.24) is 14.8 Å². The van der Waals surface area contributed by atoms with E-state index in [-0.39, 0.29) is 11.9 Å². The molecule has 2 aliphatic heterocycles. The van der Waals surface area contributed by atoms with Gasteiger partial charge in [0.1, 0.15) is 0 Å². The molecule has 3 amide bonds. The molecular formula is C23H22N4O2S. The van der Waals surface area contributed by atoms with Crippen LogP contribution in [0.4, 0.5) is 10.5 Å². The highest BCUT2D eigenvalue weighted by atomic mass is 32.1. The zero-order chi connectivity index (χ0) is 20.5. The van der Waals surface area contributed by atoms with E-state index in [1.165, 1.54) is 11.1 Å². The molecule has 4 heterocycles. The van der Waals surface area contributed by atoms with Crippen molar-refractivity contribution in [2.45, 2.75) is 11.8 Å². The van der Waals surface area contributed by atoms with Crippen molar-refractivity contribution in [2.24, 2.45) is 0 Å². The van der Waals surface area contributed by atoms with E-state index in [1.807, 2.05) is 63.2 Å². The van der Waals surface area contributed by atoms with Crippen molar-refractivity contribution in [3.63, 3.8) is 0 Å². The van der Waals surface area contributed by atoms with Crippen LogP contribution in [-0.2, 0) is 0 Å². The molecule has 2 aliphatic rings. The Balaban J connectivity index is 1.10. The molecule has 2 aromatic heterocycles. The van der Waals surface area contributed by atoms with Gasteiger partial charge in [-0.1, -0.05) is 18.2 Å². The highest BCUT2D eigenvalue weighted by Crippen LogP contribution is 2.30. The Bertz CT molecular complexity index is 1020. The van der Waals surface area contributed by atoms with Gasteiger partial charge in [-0.15, -0.1) is 0 Å². The second-order valence-electron chi connectivity index (χ2n) is 7.86. The molecule has 0 saturated carbocycles. The van der Waals surface area contributed by atoms with Gasteiger partial charge in [0.15, 0.2) is 0 Å². The van der Waals surface area contributed by atoms with Gasteiger partial charge in [-0.25, -0.2) is 4.79 Å². The summed E-state index contributed by atoms with van der Waals surface area (Å²) in [5.74, 6) is 0.827. The number of anilines is 1. The van der Waals surface area contributed by atoms with Crippen LogP contribution in [0.3, 0.4) is 0 Å². The summed E-state index contributed by atoms with van der Waals surface area (Å²) in [6, 6.07) is 13.8. The summed E-state index contributed by atoms with van der Waals surface area (Å²) >= 11 is 1.54. The molecule has 0 aliphatic carbocycles. The first-order chi connectivity index (χ1) is 14.7. The van der Waals surface area contributed by atoms with Gasteiger partial charge in [0.05, 0.1) is 5.56 Å². The average molecular weight is 419 g/mol. The number of thiophene rings is 1. The van der Waals surface area contributed by atoms with Gasteiger partial charge in [-0.05, 0) is 40.8 Å². The second-order valence-corrected chi connectivity index (χ2v) is 8.64. The quantitative estimate of drug-likeness (QED) is 0.696. The third-order valence-corrected chi connectivity index (χ3v) is 6.58. The Morgan fingerprint density at radius 2 is 1.67 bits per heavy atom. The lowest BCUT2D eigenvalue weighted by atomic mass is 9.91. The van der Waals surface area contributed by atoms with Crippen molar-refractivity contribution < 1.29 is 9.59 Å². The number of rotatable bonds is 4. The number of pyridine rings is 1. The van der Waals surface area contributed by atoms with E-state index in [0.29, 0.717) is 24.9 Å². The van der Waals surface area contributed by atoms with Crippen molar-refractivity contribution in [1.29, 1.82) is 0 Å².